The molecule has 0 aromatic heterocycles. The first-order chi connectivity index (χ1) is 8.75. The van der Waals surface area contributed by atoms with E-state index in [4.69, 9.17) is 5.11 Å². The molecule has 0 bridgehead atoms. The van der Waals surface area contributed by atoms with Gasteiger partial charge in [-0.3, -0.25) is 0 Å². The molecular weight excluding hydrogens is 244 g/mol. The minimum atomic E-state index is -0.825. The molecule has 1 aromatic carbocycles. The Hall–Kier alpha value is -0.960. The smallest absolute Gasteiger partial charge is 0.335 e. The third kappa shape index (κ3) is 5.58. The van der Waals surface area contributed by atoms with Gasteiger partial charge in [-0.05, 0) is 23.8 Å². The van der Waals surface area contributed by atoms with Gasteiger partial charge in [0, 0.05) is 5.75 Å². The number of thioether (sulfide) groups is 1. The Labute approximate surface area is 114 Å². The van der Waals surface area contributed by atoms with Crippen molar-refractivity contribution in [1.29, 1.82) is 0 Å². The van der Waals surface area contributed by atoms with Crippen molar-refractivity contribution in [3.05, 3.63) is 35.4 Å². The maximum atomic E-state index is 11.0. The molecule has 0 radical (unpaired) electrons. The minimum Gasteiger partial charge on any atom is -0.478 e. The van der Waals surface area contributed by atoms with E-state index in [2.05, 4.69) is 6.92 Å². The Morgan fingerprint density at radius 1 is 1.17 bits per heavy atom. The summed E-state index contributed by atoms with van der Waals surface area (Å²) in [5.41, 5.74) is 1.37. The predicted molar refractivity (Wildman–Crippen MR) is 78.3 cm³/mol. The van der Waals surface area contributed by atoms with Gasteiger partial charge < -0.3 is 5.11 Å². The van der Waals surface area contributed by atoms with Gasteiger partial charge in [0.2, 0.25) is 0 Å². The molecule has 0 unspecified atom stereocenters. The number of carbonyl (C=O) groups is 1. The van der Waals surface area contributed by atoms with Crippen LogP contribution in [0.5, 0.6) is 0 Å². The largest absolute Gasteiger partial charge is 0.478 e. The van der Waals surface area contributed by atoms with E-state index in [1.807, 2.05) is 23.9 Å². The minimum absolute atomic E-state index is 0.441. The first kappa shape index (κ1) is 15.1. The van der Waals surface area contributed by atoms with E-state index in [9.17, 15) is 4.79 Å². The molecule has 1 rings (SSSR count). The maximum absolute atomic E-state index is 11.0. The number of rotatable bonds is 9. The van der Waals surface area contributed by atoms with Crippen LogP contribution in [0, 0.1) is 0 Å². The van der Waals surface area contributed by atoms with Gasteiger partial charge in [-0.2, -0.15) is 11.8 Å². The quantitative estimate of drug-likeness (QED) is 0.664. The van der Waals surface area contributed by atoms with Crippen LogP contribution in [-0.2, 0) is 5.75 Å². The van der Waals surface area contributed by atoms with Crippen LogP contribution < -0.4 is 0 Å². The Bertz CT molecular complexity index is 363. The summed E-state index contributed by atoms with van der Waals surface area (Å²) >= 11 is 1.83. The van der Waals surface area contributed by atoms with E-state index >= 15 is 0 Å². The van der Waals surface area contributed by atoms with E-state index in [1.54, 1.807) is 12.1 Å². The fourth-order valence-electron chi connectivity index (χ4n) is 1.84. The molecule has 0 spiro atoms. The van der Waals surface area contributed by atoms with Gasteiger partial charge in [0.1, 0.15) is 0 Å². The van der Waals surface area contributed by atoms with Crippen LogP contribution in [0.2, 0.25) is 0 Å². The van der Waals surface area contributed by atoms with Crippen LogP contribution in [0.15, 0.2) is 24.3 Å². The van der Waals surface area contributed by atoms with E-state index in [0.29, 0.717) is 5.56 Å². The van der Waals surface area contributed by atoms with Gasteiger partial charge in [-0.15, -0.1) is 0 Å². The monoisotopic (exact) mass is 266 g/mol. The maximum Gasteiger partial charge on any atom is 0.335 e. The van der Waals surface area contributed by atoms with Crippen LogP contribution in [0.25, 0.3) is 0 Å². The summed E-state index contributed by atoms with van der Waals surface area (Å²) < 4.78 is 0. The number of aromatic carboxylic acids is 1. The molecule has 18 heavy (non-hydrogen) atoms. The zero-order valence-corrected chi connectivity index (χ0v) is 11.8. The van der Waals surface area contributed by atoms with Crippen molar-refractivity contribution >= 4 is 17.7 Å². The molecule has 0 saturated carbocycles. The van der Waals surface area contributed by atoms with Gasteiger partial charge in [-0.25, -0.2) is 4.79 Å². The zero-order chi connectivity index (χ0) is 13.2. The average molecular weight is 266 g/mol. The summed E-state index contributed by atoms with van der Waals surface area (Å²) in [6.45, 7) is 2.22. The number of benzene rings is 1. The fraction of sp³-hybridized carbons (Fsp3) is 0.533. The first-order valence-electron chi connectivity index (χ1n) is 6.64. The normalized spacial score (nSPS) is 10.5. The van der Waals surface area contributed by atoms with Crippen molar-refractivity contribution in [2.45, 2.75) is 44.8 Å². The molecule has 0 fully saturated rings. The van der Waals surface area contributed by atoms with Gasteiger partial charge in [0.05, 0.1) is 5.56 Å². The summed E-state index contributed by atoms with van der Waals surface area (Å²) in [6, 6.07) is 7.28. The summed E-state index contributed by atoms with van der Waals surface area (Å²) in [4.78, 5) is 11.0. The lowest BCUT2D eigenvalue weighted by Gasteiger charge is -2.05. The molecule has 0 atom stereocenters. The second-order valence-electron chi connectivity index (χ2n) is 4.43. The van der Waals surface area contributed by atoms with Crippen LogP contribution in [-0.4, -0.2) is 16.8 Å². The highest BCUT2D eigenvalue weighted by atomic mass is 32.2. The molecule has 0 saturated heterocycles. The van der Waals surface area contributed by atoms with Crippen LogP contribution in [0.1, 0.15) is 54.9 Å². The molecular formula is C15H22O2S. The van der Waals surface area contributed by atoms with Crippen molar-refractivity contribution in [3.8, 4) is 0 Å². The van der Waals surface area contributed by atoms with E-state index in [-0.39, 0.29) is 0 Å². The standard InChI is InChI=1S/C15H22O2S/c1-2-3-4-5-8-11-18-12-13-9-6-7-10-14(13)15(16)17/h6-7,9-10H,2-5,8,11-12H2,1H3,(H,16,17). The predicted octanol–water partition coefficient (Wildman–Crippen LogP) is 4.59. The molecule has 0 aliphatic heterocycles. The molecule has 100 valence electrons. The SMILES string of the molecule is CCCCCCCSCc1ccccc1C(=O)O. The van der Waals surface area contributed by atoms with Crippen molar-refractivity contribution in [2.75, 3.05) is 5.75 Å². The number of carboxylic acids is 1. The van der Waals surface area contributed by atoms with Crippen molar-refractivity contribution in [2.24, 2.45) is 0 Å². The number of hydrogen-bond donors (Lipinski definition) is 1. The lowest BCUT2D eigenvalue weighted by atomic mass is 10.1. The molecule has 0 amide bonds. The molecule has 2 nitrogen and oxygen atoms in total. The van der Waals surface area contributed by atoms with Crippen molar-refractivity contribution in [1.82, 2.24) is 0 Å². The van der Waals surface area contributed by atoms with E-state index < -0.39 is 5.97 Å². The summed E-state index contributed by atoms with van der Waals surface area (Å²) in [5.74, 6) is 1.10. The molecule has 0 heterocycles. The Morgan fingerprint density at radius 2 is 1.89 bits per heavy atom. The van der Waals surface area contributed by atoms with Crippen molar-refractivity contribution < 1.29 is 9.90 Å². The Morgan fingerprint density at radius 3 is 2.61 bits per heavy atom. The zero-order valence-electron chi connectivity index (χ0n) is 11.0. The van der Waals surface area contributed by atoms with Gasteiger partial charge in [0.15, 0.2) is 0 Å². The highest BCUT2D eigenvalue weighted by Crippen LogP contribution is 2.18. The van der Waals surface area contributed by atoms with Crippen molar-refractivity contribution in [3.63, 3.8) is 0 Å². The van der Waals surface area contributed by atoms with Crippen LogP contribution in [0.3, 0.4) is 0 Å². The number of carboxylic acid groups (broad SMARTS) is 1. The second-order valence-corrected chi connectivity index (χ2v) is 5.53. The topological polar surface area (TPSA) is 37.3 Å². The van der Waals surface area contributed by atoms with E-state index in [0.717, 1.165) is 17.1 Å². The van der Waals surface area contributed by atoms with E-state index in [1.165, 1.54) is 32.1 Å². The number of hydrogen-bond acceptors (Lipinski definition) is 2. The number of unbranched alkanes of at least 4 members (excludes halogenated alkanes) is 4. The van der Waals surface area contributed by atoms with Gasteiger partial charge in [0.25, 0.3) is 0 Å². The lowest BCUT2D eigenvalue weighted by molar-refractivity contribution is 0.0696. The highest BCUT2D eigenvalue weighted by Gasteiger charge is 2.08. The van der Waals surface area contributed by atoms with Gasteiger partial charge in [-0.1, -0.05) is 50.8 Å². The molecule has 3 heteroatoms. The van der Waals surface area contributed by atoms with Crippen LogP contribution >= 0.6 is 11.8 Å². The first-order valence-corrected chi connectivity index (χ1v) is 7.80. The molecule has 0 aliphatic rings. The summed E-state index contributed by atoms with van der Waals surface area (Å²) in [6.07, 6.45) is 6.45. The third-order valence-electron chi connectivity index (χ3n) is 2.90. The molecule has 1 aromatic rings. The highest BCUT2D eigenvalue weighted by molar-refractivity contribution is 7.98. The molecule has 0 aliphatic carbocycles. The summed E-state index contributed by atoms with van der Waals surface area (Å²) in [5, 5.41) is 9.06. The van der Waals surface area contributed by atoms with Crippen LogP contribution in [0.4, 0.5) is 0 Å². The summed E-state index contributed by atoms with van der Waals surface area (Å²) in [7, 11) is 0. The Balaban J connectivity index is 2.25. The fourth-order valence-corrected chi connectivity index (χ4v) is 2.87. The molecule has 1 N–H and O–H groups in total. The lowest BCUT2D eigenvalue weighted by Crippen LogP contribution is -2.01. The third-order valence-corrected chi connectivity index (χ3v) is 3.99. The average Bonchev–Trinajstić information content (AvgIpc) is 2.38. The Kier molecular flexibility index (Phi) is 7.58. The second kappa shape index (κ2) is 9.03. The van der Waals surface area contributed by atoms with Gasteiger partial charge >= 0.3 is 5.97 Å².